The third kappa shape index (κ3) is 15.5. The SMILES string of the molecule is CC(=O)N[C@H]1[C@H](O[C@H]2[C@H](O)[C@@H](NC(C)=O)CO[C@@H]2CO)O[C@H](CO)[C@@H](O[C@@H]2O[C@H](CO[C@H]3O[C@H](CO)[C@@H](O)[C@H](O)[C@@H]3O)[C@@H](O)[C@H](O[C@H]3O[C@H](CO)[C@@H](O)[C@H](O)[C@@H]3O[C@@H]3O[C@H](CO)[C@@H](O[C@@H]4O[C@H](CO)[C@H](O)[C@H](O)[C@H]4O)[C@H](O)[C@H]3NC(C)=O)[C@@H]2O)[C@@H]1O. The molecule has 0 unspecified atom stereocenters. The maximum Gasteiger partial charge on any atom is 0.217 e. The molecule has 38 nitrogen and oxygen atoms in total. The average molecular weight is 1260 g/mol. The molecule has 7 heterocycles. The van der Waals surface area contributed by atoms with Crippen LogP contribution in [-0.2, 0) is 76.0 Å². The van der Waals surface area contributed by atoms with E-state index in [1.54, 1.807) is 0 Å². The lowest BCUT2D eigenvalue weighted by Gasteiger charge is -2.51. The molecule has 3 amide bonds. The lowest BCUT2D eigenvalue weighted by atomic mass is 9.94. The van der Waals surface area contributed by atoms with Gasteiger partial charge in [-0.05, 0) is 0 Å². The van der Waals surface area contributed by atoms with E-state index in [0.717, 1.165) is 20.8 Å². The molecule has 34 atom stereocenters. The quantitative estimate of drug-likeness (QED) is 0.0479. The fourth-order valence-corrected chi connectivity index (χ4v) is 11.0. The summed E-state index contributed by atoms with van der Waals surface area (Å²) in [6, 6.07) is -4.69. The minimum Gasteiger partial charge on any atom is -0.394 e. The summed E-state index contributed by atoms with van der Waals surface area (Å²) >= 11 is 0. The van der Waals surface area contributed by atoms with Gasteiger partial charge in [0.05, 0.1) is 58.9 Å². The van der Waals surface area contributed by atoms with Gasteiger partial charge in [-0.1, -0.05) is 0 Å². The van der Waals surface area contributed by atoms with Gasteiger partial charge in [-0.3, -0.25) is 14.4 Å². The molecule has 0 bridgehead atoms. The van der Waals surface area contributed by atoms with Crippen molar-refractivity contribution in [1.29, 1.82) is 0 Å². The fraction of sp³-hybridized carbons (Fsp3) is 0.938. The molecule has 0 aromatic heterocycles. The van der Waals surface area contributed by atoms with Crippen molar-refractivity contribution in [2.24, 2.45) is 0 Å². The first-order valence-corrected chi connectivity index (χ1v) is 27.5. The van der Waals surface area contributed by atoms with E-state index in [0.29, 0.717) is 0 Å². The van der Waals surface area contributed by atoms with E-state index in [2.05, 4.69) is 16.0 Å². The average Bonchev–Trinajstić information content (AvgIpc) is 0.986. The van der Waals surface area contributed by atoms with E-state index >= 15 is 0 Å². The Kier molecular flexibility index (Phi) is 25.4. The van der Waals surface area contributed by atoms with Crippen LogP contribution in [0.2, 0.25) is 0 Å². The van der Waals surface area contributed by atoms with E-state index < -0.39 is 272 Å². The number of hydrogen-bond donors (Lipinski definition) is 22. The van der Waals surface area contributed by atoms with Gasteiger partial charge in [0.15, 0.2) is 37.7 Å². The van der Waals surface area contributed by atoms with Crippen LogP contribution in [0.1, 0.15) is 20.8 Å². The molecule has 498 valence electrons. The molecule has 0 radical (unpaired) electrons. The number of aliphatic hydroxyl groups excluding tert-OH is 19. The van der Waals surface area contributed by atoms with Crippen molar-refractivity contribution in [3.05, 3.63) is 0 Å². The van der Waals surface area contributed by atoms with Crippen LogP contribution in [0.3, 0.4) is 0 Å². The Bertz CT molecular complexity index is 2150. The van der Waals surface area contributed by atoms with Crippen molar-refractivity contribution in [3.63, 3.8) is 0 Å². The van der Waals surface area contributed by atoms with Crippen LogP contribution in [0.4, 0.5) is 0 Å². The van der Waals surface area contributed by atoms with Crippen LogP contribution < -0.4 is 16.0 Å². The van der Waals surface area contributed by atoms with Crippen LogP contribution >= 0.6 is 0 Å². The Balaban J connectivity index is 1.19. The van der Waals surface area contributed by atoms with Crippen LogP contribution in [0.15, 0.2) is 0 Å². The molecular weight excluding hydrogens is 1180 g/mol. The lowest BCUT2D eigenvalue weighted by Crippen LogP contribution is -2.70. The third-order valence-electron chi connectivity index (χ3n) is 15.7. The molecule has 7 aliphatic heterocycles. The highest BCUT2D eigenvalue weighted by atomic mass is 16.8. The third-order valence-corrected chi connectivity index (χ3v) is 15.7. The van der Waals surface area contributed by atoms with Crippen molar-refractivity contribution in [2.75, 3.05) is 52.9 Å². The first-order valence-electron chi connectivity index (χ1n) is 27.5. The van der Waals surface area contributed by atoms with Crippen molar-refractivity contribution in [3.8, 4) is 0 Å². The Morgan fingerprint density at radius 3 is 1.16 bits per heavy atom. The number of rotatable bonds is 22. The molecule has 0 spiro atoms. The second-order valence-electron chi connectivity index (χ2n) is 21.7. The van der Waals surface area contributed by atoms with Crippen molar-refractivity contribution >= 4 is 17.7 Å². The van der Waals surface area contributed by atoms with Gasteiger partial charge < -0.3 is 175 Å². The van der Waals surface area contributed by atoms with E-state index in [4.69, 9.17) is 61.6 Å². The van der Waals surface area contributed by atoms with Crippen LogP contribution in [0.5, 0.6) is 0 Å². The highest BCUT2D eigenvalue weighted by Gasteiger charge is 2.59. The minimum atomic E-state index is -2.39. The molecule has 7 aliphatic rings. The molecular formula is C48H81N3O35. The maximum absolute atomic E-state index is 12.7. The molecule has 7 fully saturated rings. The maximum atomic E-state index is 12.7. The van der Waals surface area contributed by atoms with Gasteiger partial charge >= 0.3 is 0 Å². The van der Waals surface area contributed by atoms with Crippen LogP contribution in [-0.4, -0.2) is 376 Å². The predicted molar refractivity (Wildman–Crippen MR) is 265 cm³/mol. The lowest BCUT2D eigenvalue weighted by molar-refractivity contribution is -0.397. The molecule has 0 aromatic rings. The number of carbonyl (C=O) groups excluding carboxylic acids is 3. The smallest absolute Gasteiger partial charge is 0.217 e. The van der Waals surface area contributed by atoms with E-state index in [-0.39, 0.29) is 6.61 Å². The summed E-state index contributed by atoms with van der Waals surface area (Å²) < 4.78 is 76.0. The van der Waals surface area contributed by atoms with E-state index in [9.17, 15) is 111 Å². The van der Waals surface area contributed by atoms with Crippen molar-refractivity contribution in [2.45, 2.75) is 229 Å². The van der Waals surface area contributed by atoms with Gasteiger partial charge in [-0.2, -0.15) is 0 Å². The number of nitrogens with one attached hydrogen (secondary N) is 3. The van der Waals surface area contributed by atoms with Gasteiger partial charge in [-0.15, -0.1) is 0 Å². The van der Waals surface area contributed by atoms with Gasteiger partial charge in [0.25, 0.3) is 0 Å². The van der Waals surface area contributed by atoms with Crippen LogP contribution in [0.25, 0.3) is 0 Å². The number of ether oxygens (including phenoxy) is 13. The molecule has 0 aliphatic carbocycles. The number of amides is 3. The molecule has 0 saturated carbocycles. The Hall–Kier alpha value is -2.87. The van der Waals surface area contributed by atoms with Crippen molar-refractivity contribution < 1.29 is 173 Å². The summed E-state index contributed by atoms with van der Waals surface area (Å²) in [6.45, 7) is -3.89. The Labute approximate surface area is 488 Å². The fourth-order valence-electron chi connectivity index (χ4n) is 11.0. The minimum absolute atomic E-state index is 0.286. The normalized spacial score (nSPS) is 48.5. The van der Waals surface area contributed by atoms with E-state index in [1.807, 2.05) is 0 Å². The van der Waals surface area contributed by atoms with Crippen LogP contribution in [0, 0.1) is 0 Å². The number of hydrogen-bond acceptors (Lipinski definition) is 35. The van der Waals surface area contributed by atoms with Gasteiger partial charge in [0, 0.05) is 20.8 Å². The number of carbonyl (C=O) groups is 3. The summed E-state index contributed by atoms with van der Waals surface area (Å²) in [5.74, 6) is -2.30. The largest absolute Gasteiger partial charge is 0.394 e. The molecule has 7 saturated heterocycles. The Morgan fingerprint density at radius 1 is 0.337 bits per heavy atom. The second kappa shape index (κ2) is 31.0. The zero-order chi connectivity index (χ0) is 63.3. The summed E-state index contributed by atoms with van der Waals surface area (Å²) in [5, 5.41) is 214. The summed E-state index contributed by atoms with van der Waals surface area (Å²) in [4.78, 5) is 37.4. The zero-order valence-electron chi connectivity index (χ0n) is 46.3. The summed E-state index contributed by atoms with van der Waals surface area (Å²) in [6.07, 6.45) is -60.1. The molecule has 86 heavy (non-hydrogen) atoms. The highest BCUT2D eigenvalue weighted by molar-refractivity contribution is 5.74. The van der Waals surface area contributed by atoms with Gasteiger partial charge in [0.1, 0.15) is 165 Å². The van der Waals surface area contributed by atoms with Gasteiger partial charge in [-0.25, -0.2) is 0 Å². The molecule has 0 aromatic carbocycles. The predicted octanol–water partition coefficient (Wildman–Crippen LogP) is -15.2. The molecule has 7 rings (SSSR count). The molecule has 38 heteroatoms. The first kappa shape index (κ1) is 70.6. The summed E-state index contributed by atoms with van der Waals surface area (Å²) in [5.41, 5.74) is 0. The standard InChI is InChI=1S/C48H81N3O35/c1-12(58)49-15-10-74-19(7-55)38(25(15)61)82-43-23(50-13(2)59)30(66)40(21(9-57)79-43)84-47-37(73)41(29(65)22(81-47)11-75-45-35(71)32(68)26(62)16(4-52)76-45)85-48-42(34(70)28(64)18(6-54)78-48)86-44-24(51-14(3)60)31(67)39(20(8-56)80-44)83-46-36(72)33(69)27(63)17(5-53)77-46/h15-48,52-57,61-73H,4-11H2,1-3H3,(H,49,58)(H,50,59)(H,51,60)/t15-,16+,17+,18+,19+,20+,21+,22+,23+,24+,25+,26+,27-,28+,29+,30+,31+,32-,33-,34-,35-,36+,37-,38+,39+,40+,41-,42-,43-,44-,45-,46-,47-,48+/m0/s1. The second-order valence-corrected chi connectivity index (χ2v) is 21.7. The van der Waals surface area contributed by atoms with Crippen molar-refractivity contribution in [1.82, 2.24) is 16.0 Å². The van der Waals surface area contributed by atoms with Gasteiger partial charge in [0.2, 0.25) is 17.7 Å². The zero-order valence-corrected chi connectivity index (χ0v) is 46.3. The topological polar surface area (TPSA) is 592 Å². The molecule has 22 N–H and O–H groups in total. The Morgan fingerprint density at radius 2 is 0.698 bits per heavy atom. The monoisotopic (exact) mass is 1260 g/mol. The first-order chi connectivity index (χ1) is 40.7. The van der Waals surface area contributed by atoms with E-state index in [1.165, 1.54) is 0 Å². The summed E-state index contributed by atoms with van der Waals surface area (Å²) in [7, 11) is 0. The highest BCUT2D eigenvalue weighted by Crippen LogP contribution is 2.38. The number of aliphatic hydroxyl groups is 19.